The van der Waals surface area contributed by atoms with E-state index in [1.54, 1.807) is 13.8 Å². The van der Waals surface area contributed by atoms with Crippen LogP contribution in [0.2, 0.25) is 0 Å². The van der Waals surface area contributed by atoms with Crippen molar-refractivity contribution in [3.05, 3.63) is 59.2 Å². The van der Waals surface area contributed by atoms with Crippen LogP contribution in [0.15, 0.2) is 41.3 Å². The van der Waals surface area contributed by atoms with Gasteiger partial charge in [-0.3, -0.25) is 4.79 Å². The number of carbonyl (C=O) groups excluding carboxylic acids is 1. The largest absolute Gasteiger partial charge is 0.322 e. The first kappa shape index (κ1) is 21.0. The van der Waals surface area contributed by atoms with Crippen LogP contribution >= 0.6 is 0 Å². The molecule has 0 aliphatic carbocycles. The van der Waals surface area contributed by atoms with E-state index < -0.39 is 27.6 Å². The molecule has 27 heavy (non-hydrogen) atoms. The third-order valence-electron chi connectivity index (χ3n) is 4.28. The van der Waals surface area contributed by atoms with Gasteiger partial charge in [0.2, 0.25) is 10.0 Å². The van der Waals surface area contributed by atoms with Crippen molar-refractivity contribution in [1.29, 1.82) is 0 Å². The summed E-state index contributed by atoms with van der Waals surface area (Å²) in [4.78, 5) is 12.5. The smallest absolute Gasteiger partial charge is 0.255 e. The molecule has 0 unspecified atom stereocenters. The molecule has 0 aliphatic rings. The summed E-state index contributed by atoms with van der Waals surface area (Å²) in [6.07, 6.45) is 0. The minimum Gasteiger partial charge on any atom is -0.322 e. The molecular weight excluding hydrogens is 374 g/mol. The Bertz CT molecular complexity index is 959. The Labute approximate surface area is 157 Å². The van der Waals surface area contributed by atoms with Gasteiger partial charge in [0.15, 0.2) is 11.6 Å². The molecule has 0 heterocycles. The summed E-state index contributed by atoms with van der Waals surface area (Å²) < 4.78 is 54.0. The SMILES string of the molecule is Cc1ccc(S(=O)(=O)N[C@H](C)C(C)C)cc1C(=O)Nc1ccc(F)c(F)c1. The van der Waals surface area contributed by atoms with Crippen molar-refractivity contribution in [2.45, 2.75) is 38.6 Å². The Kier molecular flexibility index (Phi) is 6.33. The molecule has 2 aromatic carbocycles. The molecule has 8 heteroatoms. The van der Waals surface area contributed by atoms with E-state index in [1.807, 2.05) is 13.8 Å². The summed E-state index contributed by atoms with van der Waals surface area (Å²) in [5.41, 5.74) is 0.740. The van der Waals surface area contributed by atoms with Crippen LogP contribution in [0.3, 0.4) is 0 Å². The lowest BCUT2D eigenvalue weighted by Gasteiger charge is -2.18. The van der Waals surface area contributed by atoms with Gasteiger partial charge in [0, 0.05) is 23.4 Å². The number of hydrogen-bond donors (Lipinski definition) is 2. The standard InChI is InChI=1S/C19H22F2N2O3S/c1-11(2)13(4)23-27(25,26)15-7-5-12(3)16(10-15)19(24)22-14-6-8-17(20)18(21)9-14/h5-11,13,23H,1-4H3,(H,22,24)/t13-/m1/s1. The van der Waals surface area contributed by atoms with Crippen molar-refractivity contribution in [3.63, 3.8) is 0 Å². The van der Waals surface area contributed by atoms with Crippen LogP contribution in [0, 0.1) is 24.5 Å². The third kappa shape index (κ3) is 5.11. The highest BCUT2D eigenvalue weighted by Gasteiger charge is 2.21. The van der Waals surface area contributed by atoms with Crippen LogP contribution in [0.5, 0.6) is 0 Å². The topological polar surface area (TPSA) is 75.3 Å². The van der Waals surface area contributed by atoms with Gasteiger partial charge in [-0.05, 0) is 49.6 Å². The van der Waals surface area contributed by atoms with E-state index in [-0.39, 0.29) is 28.1 Å². The van der Waals surface area contributed by atoms with Gasteiger partial charge >= 0.3 is 0 Å². The number of sulfonamides is 1. The Morgan fingerprint density at radius 2 is 1.67 bits per heavy atom. The average Bonchev–Trinajstić information content (AvgIpc) is 2.57. The van der Waals surface area contributed by atoms with Crippen molar-refractivity contribution in [1.82, 2.24) is 4.72 Å². The molecule has 2 aromatic rings. The molecule has 0 saturated heterocycles. The molecule has 0 fully saturated rings. The van der Waals surface area contributed by atoms with Crippen LogP contribution in [0.25, 0.3) is 0 Å². The summed E-state index contributed by atoms with van der Waals surface area (Å²) in [5.74, 6) is -2.64. The first-order valence-corrected chi connectivity index (χ1v) is 9.89. The molecule has 1 atom stereocenters. The summed E-state index contributed by atoms with van der Waals surface area (Å²) in [6, 6.07) is 6.90. The second-order valence-corrected chi connectivity index (χ2v) is 8.43. The molecule has 2 N–H and O–H groups in total. The fourth-order valence-corrected chi connectivity index (χ4v) is 3.65. The maximum atomic E-state index is 13.3. The van der Waals surface area contributed by atoms with Gasteiger partial charge in [0.1, 0.15) is 0 Å². The normalized spacial score (nSPS) is 12.9. The zero-order chi connectivity index (χ0) is 20.4. The average molecular weight is 396 g/mol. The van der Waals surface area contributed by atoms with Crippen LogP contribution in [-0.4, -0.2) is 20.4 Å². The van der Waals surface area contributed by atoms with Crippen LogP contribution in [-0.2, 0) is 10.0 Å². The lowest BCUT2D eigenvalue weighted by Crippen LogP contribution is -2.36. The van der Waals surface area contributed by atoms with Gasteiger partial charge in [-0.2, -0.15) is 0 Å². The first-order chi connectivity index (χ1) is 12.5. The minimum atomic E-state index is -3.80. The predicted octanol–water partition coefficient (Wildman–Crippen LogP) is 3.85. The Hall–Kier alpha value is -2.32. The molecule has 0 aliphatic heterocycles. The lowest BCUT2D eigenvalue weighted by atomic mass is 10.1. The van der Waals surface area contributed by atoms with Gasteiger partial charge in [0.05, 0.1) is 4.90 Å². The molecule has 0 bridgehead atoms. The molecule has 146 valence electrons. The third-order valence-corrected chi connectivity index (χ3v) is 5.84. The van der Waals surface area contributed by atoms with E-state index in [2.05, 4.69) is 10.0 Å². The van der Waals surface area contributed by atoms with Gasteiger partial charge in [0.25, 0.3) is 5.91 Å². The Balaban J connectivity index is 2.31. The van der Waals surface area contributed by atoms with Gasteiger partial charge in [-0.15, -0.1) is 0 Å². The van der Waals surface area contributed by atoms with Crippen molar-refractivity contribution < 1.29 is 22.0 Å². The van der Waals surface area contributed by atoms with Crippen molar-refractivity contribution >= 4 is 21.6 Å². The molecule has 1 amide bonds. The second kappa shape index (κ2) is 8.14. The number of halogens is 2. The highest BCUT2D eigenvalue weighted by Crippen LogP contribution is 2.19. The molecule has 0 saturated carbocycles. The first-order valence-electron chi connectivity index (χ1n) is 8.40. The number of benzene rings is 2. The van der Waals surface area contributed by atoms with E-state index in [4.69, 9.17) is 0 Å². The van der Waals surface area contributed by atoms with Gasteiger partial charge in [-0.25, -0.2) is 21.9 Å². The van der Waals surface area contributed by atoms with E-state index in [0.29, 0.717) is 5.56 Å². The van der Waals surface area contributed by atoms with E-state index >= 15 is 0 Å². The highest BCUT2D eigenvalue weighted by molar-refractivity contribution is 7.89. The number of carbonyl (C=O) groups is 1. The molecular formula is C19H22F2N2O3S. The zero-order valence-corrected chi connectivity index (χ0v) is 16.3. The highest BCUT2D eigenvalue weighted by atomic mass is 32.2. The number of rotatable bonds is 6. The minimum absolute atomic E-state index is 0.0453. The monoisotopic (exact) mass is 396 g/mol. The number of aryl methyl sites for hydroxylation is 1. The molecule has 0 aromatic heterocycles. The fraction of sp³-hybridized carbons (Fsp3) is 0.316. The number of amides is 1. The lowest BCUT2D eigenvalue weighted by molar-refractivity contribution is 0.102. The molecule has 5 nitrogen and oxygen atoms in total. The van der Waals surface area contributed by atoms with Crippen LogP contribution < -0.4 is 10.0 Å². The van der Waals surface area contributed by atoms with Crippen molar-refractivity contribution in [3.8, 4) is 0 Å². The Morgan fingerprint density at radius 1 is 1.00 bits per heavy atom. The quantitative estimate of drug-likeness (QED) is 0.779. The zero-order valence-electron chi connectivity index (χ0n) is 15.5. The van der Waals surface area contributed by atoms with E-state index in [9.17, 15) is 22.0 Å². The molecule has 2 rings (SSSR count). The van der Waals surface area contributed by atoms with Crippen molar-refractivity contribution in [2.75, 3.05) is 5.32 Å². The maximum Gasteiger partial charge on any atom is 0.255 e. The maximum absolute atomic E-state index is 13.3. The van der Waals surface area contributed by atoms with E-state index in [0.717, 1.165) is 12.1 Å². The number of nitrogens with one attached hydrogen (secondary N) is 2. The second-order valence-electron chi connectivity index (χ2n) is 6.71. The number of hydrogen-bond acceptors (Lipinski definition) is 3. The predicted molar refractivity (Wildman–Crippen MR) is 100 cm³/mol. The summed E-state index contributed by atoms with van der Waals surface area (Å²) in [7, 11) is -3.80. The Morgan fingerprint density at radius 3 is 2.26 bits per heavy atom. The van der Waals surface area contributed by atoms with Gasteiger partial charge < -0.3 is 5.32 Å². The summed E-state index contributed by atoms with van der Waals surface area (Å²) >= 11 is 0. The molecule has 0 spiro atoms. The van der Waals surface area contributed by atoms with Crippen LogP contribution in [0.1, 0.15) is 36.7 Å². The summed E-state index contributed by atoms with van der Waals surface area (Å²) in [6.45, 7) is 7.19. The molecule has 0 radical (unpaired) electrons. The fourth-order valence-electron chi connectivity index (χ4n) is 2.23. The van der Waals surface area contributed by atoms with E-state index in [1.165, 1.54) is 24.3 Å². The summed E-state index contributed by atoms with van der Waals surface area (Å²) in [5, 5.41) is 2.44. The van der Waals surface area contributed by atoms with Gasteiger partial charge in [-0.1, -0.05) is 19.9 Å². The number of anilines is 1. The van der Waals surface area contributed by atoms with Crippen LogP contribution in [0.4, 0.5) is 14.5 Å². The van der Waals surface area contributed by atoms with Crippen molar-refractivity contribution in [2.24, 2.45) is 5.92 Å².